The van der Waals surface area contributed by atoms with E-state index in [1.807, 2.05) is 14.0 Å². The molecule has 0 unspecified atom stereocenters. The Morgan fingerprint density at radius 2 is 2.16 bits per heavy atom. The molecule has 0 aliphatic rings. The number of aromatic nitrogens is 1. The van der Waals surface area contributed by atoms with Gasteiger partial charge in [-0.3, -0.25) is 0 Å². The molecule has 2 amide bonds. The van der Waals surface area contributed by atoms with E-state index in [1.165, 1.54) is 0 Å². The Bertz CT molecular complexity index is 456. The number of amides is 2. The van der Waals surface area contributed by atoms with Gasteiger partial charge in [0.2, 0.25) is 0 Å². The fraction of sp³-hybridized carbons (Fsp3) is 0.500. The fourth-order valence-corrected chi connectivity index (χ4v) is 1.54. The summed E-state index contributed by atoms with van der Waals surface area (Å²) in [6, 6.07) is 1.17. The van der Waals surface area contributed by atoms with Gasteiger partial charge in [-0.1, -0.05) is 6.92 Å². The van der Waals surface area contributed by atoms with Crippen LogP contribution in [0.1, 0.15) is 23.1 Å². The van der Waals surface area contributed by atoms with Gasteiger partial charge in [0.25, 0.3) is 0 Å². The largest absolute Gasteiger partial charge is 0.477 e. The van der Waals surface area contributed by atoms with Crippen molar-refractivity contribution in [1.82, 2.24) is 15.2 Å². The molecule has 0 atom stereocenters. The van der Waals surface area contributed by atoms with Crippen molar-refractivity contribution in [3.8, 4) is 0 Å². The summed E-state index contributed by atoms with van der Waals surface area (Å²) in [6.07, 6.45) is 0. The van der Waals surface area contributed by atoms with Gasteiger partial charge in [0, 0.05) is 18.8 Å². The zero-order chi connectivity index (χ0) is 14.4. The molecule has 0 bridgehead atoms. The van der Waals surface area contributed by atoms with Crippen molar-refractivity contribution in [1.29, 1.82) is 0 Å². The highest BCUT2D eigenvalue weighted by molar-refractivity contribution is 5.99. The minimum absolute atomic E-state index is 0.0154. The van der Waals surface area contributed by atoms with Crippen molar-refractivity contribution >= 4 is 17.7 Å². The summed E-state index contributed by atoms with van der Waals surface area (Å²) in [4.78, 5) is 27.3. The van der Waals surface area contributed by atoms with E-state index in [0.29, 0.717) is 12.2 Å². The number of aryl methyl sites for hydroxylation is 1. The topological polar surface area (TPSA) is 97.5 Å². The van der Waals surface area contributed by atoms with Crippen LogP contribution in [0.3, 0.4) is 0 Å². The number of H-pyrrole nitrogens is 1. The number of carbonyl (C=O) groups excluding carboxylic acids is 1. The molecule has 1 aromatic heterocycles. The molecule has 0 saturated carbocycles. The smallest absolute Gasteiger partial charge is 0.354 e. The average Bonchev–Trinajstić information content (AvgIpc) is 2.70. The van der Waals surface area contributed by atoms with Crippen molar-refractivity contribution in [2.24, 2.45) is 0 Å². The van der Waals surface area contributed by atoms with Gasteiger partial charge >= 0.3 is 12.0 Å². The second-order valence-electron chi connectivity index (χ2n) is 4.32. The average molecular weight is 268 g/mol. The predicted molar refractivity (Wildman–Crippen MR) is 72.7 cm³/mol. The number of urea groups is 1. The minimum Gasteiger partial charge on any atom is -0.477 e. The maximum atomic E-state index is 11.6. The molecule has 106 valence electrons. The number of carbonyl (C=O) groups is 2. The first-order chi connectivity index (χ1) is 8.93. The number of nitrogens with zero attached hydrogens (tertiary/aromatic N) is 1. The zero-order valence-electron chi connectivity index (χ0n) is 11.4. The lowest BCUT2D eigenvalue weighted by Crippen LogP contribution is -2.35. The highest BCUT2D eigenvalue weighted by Crippen LogP contribution is 2.16. The van der Waals surface area contributed by atoms with Crippen molar-refractivity contribution in [3.63, 3.8) is 0 Å². The molecule has 1 aromatic rings. The van der Waals surface area contributed by atoms with Crippen LogP contribution in [0.2, 0.25) is 0 Å². The lowest BCUT2D eigenvalue weighted by atomic mass is 10.3. The summed E-state index contributed by atoms with van der Waals surface area (Å²) >= 11 is 0. The number of anilines is 1. The van der Waals surface area contributed by atoms with Crippen LogP contribution in [0.15, 0.2) is 6.07 Å². The number of carboxylic acid groups (broad SMARTS) is 1. The number of hydrogen-bond acceptors (Lipinski definition) is 3. The van der Waals surface area contributed by atoms with Gasteiger partial charge < -0.3 is 25.6 Å². The summed E-state index contributed by atoms with van der Waals surface area (Å²) < 4.78 is 0. The van der Waals surface area contributed by atoms with Crippen LogP contribution >= 0.6 is 0 Å². The van der Waals surface area contributed by atoms with Gasteiger partial charge in [0.05, 0.1) is 5.69 Å². The van der Waals surface area contributed by atoms with Crippen LogP contribution in [-0.4, -0.2) is 53.7 Å². The second kappa shape index (κ2) is 6.79. The molecule has 7 nitrogen and oxygen atoms in total. The third-order valence-electron chi connectivity index (χ3n) is 2.73. The Kier molecular flexibility index (Phi) is 5.37. The van der Waals surface area contributed by atoms with E-state index in [1.54, 1.807) is 13.0 Å². The minimum atomic E-state index is -1.10. The first-order valence-corrected chi connectivity index (χ1v) is 6.10. The van der Waals surface area contributed by atoms with Gasteiger partial charge in [-0.2, -0.15) is 0 Å². The Labute approximate surface area is 112 Å². The molecule has 0 spiro atoms. The highest BCUT2D eigenvalue weighted by atomic mass is 16.4. The van der Waals surface area contributed by atoms with E-state index >= 15 is 0 Å². The Balaban J connectivity index is 2.50. The molecule has 0 aliphatic heterocycles. The molecular formula is C12H20N4O3. The third-order valence-corrected chi connectivity index (χ3v) is 2.73. The second-order valence-corrected chi connectivity index (χ2v) is 4.32. The number of aromatic amines is 1. The number of carboxylic acids is 1. The summed E-state index contributed by atoms with van der Waals surface area (Å²) in [5.41, 5.74) is 0.933. The summed E-state index contributed by atoms with van der Waals surface area (Å²) in [5.74, 6) is -1.10. The van der Waals surface area contributed by atoms with Crippen molar-refractivity contribution in [2.45, 2.75) is 13.8 Å². The summed E-state index contributed by atoms with van der Waals surface area (Å²) in [6.45, 7) is 5.90. The Morgan fingerprint density at radius 3 is 2.74 bits per heavy atom. The summed E-state index contributed by atoms with van der Waals surface area (Å²) in [5, 5.41) is 14.2. The molecular weight excluding hydrogens is 248 g/mol. The monoisotopic (exact) mass is 268 g/mol. The van der Waals surface area contributed by atoms with E-state index in [0.717, 1.165) is 13.1 Å². The molecule has 4 N–H and O–H groups in total. The van der Waals surface area contributed by atoms with Gasteiger partial charge in [0.1, 0.15) is 5.69 Å². The van der Waals surface area contributed by atoms with Crippen molar-refractivity contribution in [3.05, 3.63) is 17.5 Å². The van der Waals surface area contributed by atoms with Crippen LogP contribution in [-0.2, 0) is 0 Å². The van der Waals surface area contributed by atoms with Crippen molar-refractivity contribution in [2.75, 3.05) is 32.0 Å². The van der Waals surface area contributed by atoms with Crippen LogP contribution < -0.4 is 10.6 Å². The molecule has 0 saturated heterocycles. The Morgan fingerprint density at radius 1 is 1.47 bits per heavy atom. The van der Waals surface area contributed by atoms with E-state index < -0.39 is 12.0 Å². The van der Waals surface area contributed by atoms with E-state index in [-0.39, 0.29) is 11.4 Å². The zero-order valence-corrected chi connectivity index (χ0v) is 11.4. The normalized spacial score (nSPS) is 10.5. The van der Waals surface area contributed by atoms with Crippen molar-refractivity contribution < 1.29 is 14.7 Å². The Hall–Kier alpha value is -2.02. The van der Waals surface area contributed by atoms with Crippen LogP contribution in [0.5, 0.6) is 0 Å². The molecule has 0 aromatic carbocycles. The highest BCUT2D eigenvalue weighted by Gasteiger charge is 2.14. The first-order valence-electron chi connectivity index (χ1n) is 6.10. The molecule has 0 radical (unpaired) electrons. The number of nitrogens with one attached hydrogen (secondary N) is 3. The van der Waals surface area contributed by atoms with Crippen LogP contribution in [0.25, 0.3) is 0 Å². The van der Waals surface area contributed by atoms with Crippen LogP contribution in [0.4, 0.5) is 10.5 Å². The third kappa shape index (κ3) is 4.63. The number of hydrogen-bond donors (Lipinski definition) is 4. The lowest BCUT2D eigenvalue weighted by Gasteiger charge is -2.14. The van der Waals surface area contributed by atoms with Gasteiger partial charge in [-0.05, 0) is 26.6 Å². The molecule has 19 heavy (non-hydrogen) atoms. The van der Waals surface area contributed by atoms with E-state index in [2.05, 4.69) is 20.5 Å². The molecule has 0 aliphatic carbocycles. The first kappa shape index (κ1) is 15.0. The fourth-order valence-electron chi connectivity index (χ4n) is 1.54. The molecule has 0 fully saturated rings. The predicted octanol–water partition coefficient (Wildman–Crippen LogP) is 1.09. The molecule has 7 heteroatoms. The quantitative estimate of drug-likeness (QED) is 0.621. The van der Waals surface area contributed by atoms with Gasteiger partial charge in [0.15, 0.2) is 0 Å². The molecule has 1 rings (SSSR count). The van der Waals surface area contributed by atoms with Gasteiger partial charge in [-0.15, -0.1) is 0 Å². The van der Waals surface area contributed by atoms with E-state index in [4.69, 9.17) is 5.11 Å². The number of likely N-dealkylation sites (N-methyl/N-ethyl adjacent to an activating group) is 1. The lowest BCUT2D eigenvalue weighted by molar-refractivity contribution is 0.0692. The maximum absolute atomic E-state index is 11.6. The van der Waals surface area contributed by atoms with Crippen LogP contribution in [0, 0.1) is 6.92 Å². The number of rotatable bonds is 6. The maximum Gasteiger partial charge on any atom is 0.354 e. The molecule has 1 heterocycles. The number of aromatic carboxylic acids is 1. The van der Waals surface area contributed by atoms with E-state index in [9.17, 15) is 9.59 Å². The SMILES string of the molecule is CCN(C)CCNC(=O)Nc1cc(C)[nH]c1C(=O)O. The standard InChI is InChI=1S/C12H20N4O3/c1-4-16(3)6-5-13-12(19)15-9-7-8(2)14-10(9)11(17)18/h7,14H,4-6H2,1-3H3,(H,17,18)(H2,13,15,19). The summed E-state index contributed by atoms with van der Waals surface area (Å²) in [7, 11) is 1.96. The van der Waals surface area contributed by atoms with Gasteiger partial charge in [-0.25, -0.2) is 9.59 Å².